The summed E-state index contributed by atoms with van der Waals surface area (Å²) in [6.07, 6.45) is 0.851. The maximum Gasteiger partial charge on any atom is 0.170 e. The van der Waals surface area contributed by atoms with Crippen molar-refractivity contribution in [2.24, 2.45) is 0 Å². The minimum atomic E-state index is -0.144. The third-order valence-corrected chi connectivity index (χ3v) is 4.65. The van der Waals surface area contributed by atoms with E-state index in [-0.39, 0.29) is 6.61 Å². The van der Waals surface area contributed by atoms with E-state index in [1.54, 1.807) is 18.9 Å². The van der Waals surface area contributed by atoms with Crippen LogP contribution in [0.1, 0.15) is 23.9 Å². The van der Waals surface area contributed by atoms with E-state index in [0.29, 0.717) is 0 Å². The zero-order chi connectivity index (χ0) is 15.1. The van der Waals surface area contributed by atoms with Gasteiger partial charge in [0.25, 0.3) is 0 Å². The summed E-state index contributed by atoms with van der Waals surface area (Å²) in [5.41, 5.74) is 1.96. The third-order valence-electron chi connectivity index (χ3n) is 2.73. The van der Waals surface area contributed by atoms with Crippen LogP contribution in [0, 0.1) is 11.8 Å². The number of hydrogen-bond donors (Lipinski definition) is 1. The van der Waals surface area contributed by atoms with E-state index in [2.05, 4.69) is 21.2 Å². The molecular formula is C15H16N2O2S2. The molecule has 0 saturated heterocycles. The molecule has 2 aromatic rings. The molecule has 0 aliphatic carbocycles. The first kappa shape index (κ1) is 15.8. The van der Waals surface area contributed by atoms with Crippen LogP contribution in [-0.2, 0) is 12.2 Å². The van der Waals surface area contributed by atoms with Gasteiger partial charge in [0.2, 0.25) is 0 Å². The number of aryl methyl sites for hydroxylation is 1. The smallest absolute Gasteiger partial charge is 0.170 e. The largest absolute Gasteiger partial charge is 0.497 e. The highest BCUT2D eigenvalue weighted by Gasteiger charge is 2.07. The van der Waals surface area contributed by atoms with E-state index in [9.17, 15) is 0 Å². The number of nitrogens with zero attached hydrogens (tertiary/aromatic N) is 2. The summed E-state index contributed by atoms with van der Waals surface area (Å²) in [6.45, 7) is 1.90. The van der Waals surface area contributed by atoms with Gasteiger partial charge in [-0.25, -0.2) is 4.98 Å². The highest BCUT2D eigenvalue weighted by atomic mass is 32.2. The van der Waals surface area contributed by atoms with Crippen molar-refractivity contribution in [3.63, 3.8) is 0 Å². The van der Waals surface area contributed by atoms with Crippen LogP contribution < -0.4 is 4.74 Å². The monoisotopic (exact) mass is 320 g/mol. The van der Waals surface area contributed by atoms with Crippen molar-refractivity contribution in [3.8, 4) is 17.6 Å². The molecule has 1 aromatic heterocycles. The van der Waals surface area contributed by atoms with Crippen LogP contribution in [0.2, 0.25) is 0 Å². The fourth-order valence-electron chi connectivity index (χ4n) is 1.65. The minimum absolute atomic E-state index is 0.144. The molecule has 0 aliphatic rings. The van der Waals surface area contributed by atoms with Crippen LogP contribution in [0.3, 0.4) is 0 Å². The lowest BCUT2D eigenvalue weighted by atomic mass is 10.1. The molecule has 4 nitrogen and oxygen atoms in total. The Hall–Kier alpha value is -1.55. The average molecular weight is 320 g/mol. The summed E-state index contributed by atoms with van der Waals surface area (Å²) in [5.74, 6) is 8.07. The molecular weight excluding hydrogens is 304 g/mol. The van der Waals surface area contributed by atoms with Crippen LogP contribution >= 0.6 is 23.3 Å². The number of aliphatic hydroxyl groups is 1. The molecule has 0 unspecified atom stereocenters. The van der Waals surface area contributed by atoms with Gasteiger partial charge in [-0.1, -0.05) is 30.5 Å². The van der Waals surface area contributed by atoms with Crippen LogP contribution in [0.4, 0.5) is 0 Å². The SMILES string of the molecule is CCc1nsc(SCc2cc(OC)ccc2C#CCO)n1. The van der Waals surface area contributed by atoms with Crippen molar-refractivity contribution in [2.45, 2.75) is 23.4 Å². The Bertz CT molecular complexity index is 659. The van der Waals surface area contributed by atoms with Gasteiger partial charge in [0.1, 0.15) is 18.2 Å². The molecule has 2 rings (SSSR count). The fraction of sp³-hybridized carbons (Fsp3) is 0.333. The molecule has 0 bridgehead atoms. The van der Waals surface area contributed by atoms with Crippen molar-refractivity contribution in [3.05, 3.63) is 35.2 Å². The predicted octanol–water partition coefficient (Wildman–Crippen LogP) is 2.75. The summed E-state index contributed by atoms with van der Waals surface area (Å²) in [5, 5.41) is 8.84. The van der Waals surface area contributed by atoms with Crippen LogP contribution in [0.15, 0.2) is 22.5 Å². The van der Waals surface area contributed by atoms with Crippen LogP contribution in [0.5, 0.6) is 5.75 Å². The summed E-state index contributed by atoms with van der Waals surface area (Å²) < 4.78 is 10.5. The van der Waals surface area contributed by atoms with E-state index in [1.165, 1.54) is 11.5 Å². The maximum absolute atomic E-state index is 8.84. The molecule has 0 saturated carbocycles. The Morgan fingerprint density at radius 1 is 1.43 bits per heavy atom. The fourth-order valence-corrected chi connectivity index (χ4v) is 3.34. The Morgan fingerprint density at radius 3 is 2.95 bits per heavy atom. The van der Waals surface area contributed by atoms with E-state index in [1.807, 2.05) is 25.1 Å². The van der Waals surface area contributed by atoms with Gasteiger partial charge in [0.15, 0.2) is 4.34 Å². The normalized spacial score (nSPS) is 10.0. The van der Waals surface area contributed by atoms with Crippen molar-refractivity contribution < 1.29 is 9.84 Å². The minimum Gasteiger partial charge on any atom is -0.497 e. The third kappa shape index (κ3) is 4.46. The second-order valence-corrected chi connectivity index (χ2v) is 6.08. The summed E-state index contributed by atoms with van der Waals surface area (Å²) >= 11 is 3.06. The predicted molar refractivity (Wildman–Crippen MR) is 85.8 cm³/mol. The lowest BCUT2D eigenvalue weighted by molar-refractivity contribution is 0.350. The van der Waals surface area contributed by atoms with Crippen molar-refractivity contribution in [1.82, 2.24) is 9.36 Å². The molecule has 110 valence electrons. The van der Waals surface area contributed by atoms with Gasteiger partial charge in [-0.05, 0) is 35.3 Å². The number of methoxy groups -OCH3 is 1. The lowest BCUT2D eigenvalue weighted by Crippen LogP contribution is -1.91. The molecule has 0 radical (unpaired) electrons. The molecule has 0 aliphatic heterocycles. The number of aliphatic hydroxyl groups excluding tert-OH is 1. The van der Waals surface area contributed by atoms with Gasteiger partial charge in [-0.2, -0.15) is 4.37 Å². The van der Waals surface area contributed by atoms with Crippen molar-refractivity contribution in [2.75, 3.05) is 13.7 Å². The maximum atomic E-state index is 8.84. The Kier molecular flexibility index (Phi) is 6.05. The topological polar surface area (TPSA) is 55.2 Å². The Labute approximate surface area is 132 Å². The highest BCUT2D eigenvalue weighted by molar-refractivity contribution is 8.00. The number of ether oxygens (including phenoxy) is 1. The van der Waals surface area contributed by atoms with Gasteiger partial charge in [0, 0.05) is 17.7 Å². The quantitative estimate of drug-likeness (QED) is 0.678. The second-order valence-electron chi connectivity index (χ2n) is 4.10. The molecule has 6 heteroatoms. The van der Waals surface area contributed by atoms with E-state index >= 15 is 0 Å². The zero-order valence-electron chi connectivity index (χ0n) is 11.9. The molecule has 0 fully saturated rings. The number of aromatic nitrogens is 2. The van der Waals surface area contributed by atoms with E-state index < -0.39 is 0 Å². The molecule has 1 aromatic carbocycles. The first-order chi connectivity index (χ1) is 10.3. The van der Waals surface area contributed by atoms with Gasteiger partial charge >= 0.3 is 0 Å². The van der Waals surface area contributed by atoms with Gasteiger partial charge in [0.05, 0.1) is 7.11 Å². The van der Waals surface area contributed by atoms with E-state index in [4.69, 9.17) is 9.84 Å². The molecule has 0 atom stereocenters. The van der Waals surface area contributed by atoms with Gasteiger partial charge in [-0.3, -0.25) is 0 Å². The summed E-state index contributed by atoms with van der Waals surface area (Å²) in [7, 11) is 1.64. The van der Waals surface area contributed by atoms with Gasteiger partial charge < -0.3 is 9.84 Å². The first-order valence-corrected chi connectivity index (χ1v) is 8.24. The summed E-state index contributed by atoms with van der Waals surface area (Å²) in [6, 6.07) is 5.75. The molecule has 1 heterocycles. The van der Waals surface area contributed by atoms with E-state index in [0.717, 1.165) is 39.2 Å². The van der Waals surface area contributed by atoms with Gasteiger partial charge in [-0.15, -0.1) is 0 Å². The second kappa shape index (κ2) is 8.03. The molecule has 21 heavy (non-hydrogen) atoms. The number of rotatable bonds is 5. The van der Waals surface area contributed by atoms with Crippen LogP contribution in [0.25, 0.3) is 0 Å². The zero-order valence-corrected chi connectivity index (χ0v) is 13.6. The lowest BCUT2D eigenvalue weighted by Gasteiger charge is -2.06. The molecule has 1 N–H and O–H groups in total. The van der Waals surface area contributed by atoms with Crippen molar-refractivity contribution in [1.29, 1.82) is 0 Å². The number of benzene rings is 1. The standard InChI is InChI=1S/C15H16N2O2S2/c1-3-14-16-15(21-17-14)20-10-12-9-13(19-2)7-6-11(12)5-4-8-18/h6-7,9,18H,3,8,10H2,1-2H3. The average Bonchev–Trinajstić information content (AvgIpc) is 2.99. The number of thioether (sulfide) groups is 1. The Balaban J connectivity index is 2.16. The molecule has 0 spiro atoms. The number of hydrogen-bond acceptors (Lipinski definition) is 6. The van der Waals surface area contributed by atoms with Crippen LogP contribution in [-0.4, -0.2) is 28.2 Å². The highest BCUT2D eigenvalue weighted by Crippen LogP contribution is 2.28. The van der Waals surface area contributed by atoms with Crippen molar-refractivity contribution >= 4 is 23.3 Å². The Morgan fingerprint density at radius 2 is 2.29 bits per heavy atom. The first-order valence-electron chi connectivity index (χ1n) is 6.48. The summed E-state index contributed by atoms with van der Waals surface area (Å²) in [4.78, 5) is 4.44. The molecule has 0 amide bonds.